The SMILES string of the molecule is CN(C)c1ccnc(N2CCC(c3nnc4ccc(N5CCCC5)nn34)CC2)n1. The molecular weight excluding hydrogens is 366 g/mol. The first-order valence-electron chi connectivity index (χ1n) is 10.4. The Morgan fingerprint density at radius 3 is 2.48 bits per heavy atom. The lowest BCUT2D eigenvalue weighted by Crippen LogP contribution is -2.35. The fourth-order valence-corrected chi connectivity index (χ4v) is 4.24. The average molecular weight is 393 g/mol. The van der Waals surface area contributed by atoms with Gasteiger partial charge in [0, 0.05) is 52.4 Å². The van der Waals surface area contributed by atoms with E-state index in [1.54, 1.807) is 0 Å². The normalized spacial score (nSPS) is 18.0. The van der Waals surface area contributed by atoms with Crippen LogP contribution in [0.3, 0.4) is 0 Å². The van der Waals surface area contributed by atoms with Crippen LogP contribution in [0, 0.1) is 0 Å². The second-order valence-electron chi connectivity index (χ2n) is 8.08. The molecule has 0 saturated carbocycles. The molecule has 0 amide bonds. The molecule has 0 unspecified atom stereocenters. The molecule has 0 aromatic carbocycles. The molecule has 5 rings (SSSR count). The molecular formula is C20H27N9. The number of rotatable bonds is 4. The highest BCUT2D eigenvalue weighted by molar-refractivity contribution is 5.47. The van der Waals surface area contributed by atoms with Gasteiger partial charge in [0.1, 0.15) is 11.6 Å². The molecule has 9 heteroatoms. The fourth-order valence-electron chi connectivity index (χ4n) is 4.24. The molecule has 3 aromatic heterocycles. The number of hydrogen-bond donors (Lipinski definition) is 0. The highest BCUT2D eigenvalue weighted by atomic mass is 15.4. The van der Waals surface area contributed by atoms with Crippen LogP contribution in [0.4, 0.5) is 17.6 Å². The van der Waals surface area contributed by atoms with E-state index >= 15 is 0 Å². The quantitative estimate of drug-likeness (QED) is 0.666. The van der Waals surface area contributed by atoms with Gasteiger partial charge in [-0.05, 0) is 43.9 Å². The Labute approximate surface area is 170 Å². The highest BCUT2D eigenvalue weighted by Gasteiger charge is 2.27. The summed E-state index contributed by atoms with van der Waals surface area (Å²) >= 11 is 0. The van der Waals surface area contributed by atoms with E-state index in [1.807, 2.05) is 41.8 Å². The second-order valence-corrected chi connectivity index (χ2v) is 8.08. The predicted molar refractivity (Wildman–Crippen MR) is 113 cm³/mol. The third-order valence-electron chi connectivity index (χ3n) is 5.93. The van der Waals surface area contributed by atoms with Crippen molar-refractivity contribution < 1.29 is 0 Å². The van der Waals surface area contributed by atoms with E-state index in [0.29, 0.717) is 5.92 Å². The first kappa shape index (κ1) is 18.1. The third-order valence-corrected chi connectivity index (χ3v) is 5.93. The summed E-state index contributed by atoms with van der Waals surface area (Å²) in [5, 5.41) is 13.7. The van der Waals surface area contributed by atoms with Gasteiger partial charge < -0.3 is 14.7 Å². The maximum absolute atomic E-state index is 4.87. The summed E-state index contributed by atoms with van der Waals surface area (Å²) in [7, 11) is 4.00. The molecule has 0 radical (unpaired) electrons. The summed E-state index contributed by atoms with van der Waals surface area (Å²) in [6.45, 7) is 3.98. The van der Waals surface area contributed by atoms with Crippen molar-refractivity contribution in [3.05, 3.63) is 30.2 Å². The maximum Gasteiger partial charge on any atom is 0.227 e. The number of anilines is 3. The average Bonchev–Trinajstić information content (AvgIpc) is 3.43. The van der Waals surface area contributed by atoms with Gasteiger partial charge in [0.05, 0.1) is 0 Å². The number of hydrogen-bond acceptors (Lipinski definition) is 8. The number of aromatic nitrogens is 6. The maximum atomic E-state index is 4.87. The first-order valence-corrected chi connectivity index (χ1v) is 10.4. The Hall–Kier alpha value is -2.97. The van der Waals surface area contributed by atoms with Gasteiger partial charge in [-0.25, -0.2) is 4.98 Å². The van der Waals surface area contributed by atoms with E-state index in [-0.39, 0.29) is 0 Å². The van der Waals surface area contributed by atoms with Crippen LogP contribution in [0.25, 0.3) is 5.65 Å². The Bertz CT molecular complexity index is 985. The van der Waals surface area contributed by atoms with Crippen LogP contribution >= 0.6 is 0 Å². The Kier molecular flexibility index (Phi) is 4.65. The minimum Gasteiger partial charge on any atom is -0.363 e. The van der Waals surface area contributed by atoms with Gasteiger partial charge in [0.15, 0.2) is 11.5 Å². The van der Waals surface area contributed by atoms with Gasteiger partial charge in [-0.3, -0.25) is 0 Å². The molecule has 0 bridgehead atoms. The summed E-state index contributed by atoms with van der Waals surface area (Å²) in [4.78, 5) is 15.8. The molecule has 2 saturated heterocycles. The van der Waals surface area contributed by atoms with Gasteiger partial charge in [-0.15, -0.1) is 15.3 Å². The van der Waals surface area contributed by atoms with Crippen molar-refractivity contribution in [2.24, 2.45) is 0 Å². The van der Waals surface area contributed by atoms with Crippen LogP contribution < -0.4 is 14.7 Å². The van der Waals surface area contributed by atoms with E-state index < -0.39 is 0 Å². The first-order chi connectivity index (χ1) is 14.2. The summed E-state index contributed by atoms with van der Waals surface area (Å²) in [6, 6.07) is 6.03. The zero-order valence-corrected chi connectivity index (χ0v) is 17.1. The van der Waals surface area contributed by atoms with E-state index in [4.69, 9.17) is 5.10 Å². The minimum atomic E-state index is 0.347. The summed E-state index contributed by atoms with van der Waals surface area (Å²) in [5.41, 5.74) is 0.826. The second kappa shape index (κ2) is 7.46. The van der Waals surface area contributed by atoms with Crippen LogP contribution in [0.1, 0.15) is 37.4 Å². The fraction of sp³-hybridized carbons (Fsp3) is 0.550. The van der Waals surface area contributed by atoms with Gasteiger partial charge in [0.2, 0.25) is 5.95 Å². The standard InChI is InChI=1S/C20H27N9/c1-26(2)16-7-10-21-20(22-16)28-13-8-15(9-14-28)19-24-23-17-5-6-18(25-29(17)19)27-11-3-4-12-27/h5-7,10,15H,3-4,8-9,11-14H2,1-2H3. The Morgan fingerprint density at radius 2 is 1.72 bits per heavy atom. The lowest BCUT2D eigenvalue weighted by atomic mass is 9.96. The molecule has 0 N–H and O–H groups in total. The van der Waals surface area contributed by atoms with Crippen molar-refractivity contribution in [3.8, 4) is 0 Å². The summed E-state index contributed by atoms with van der Waals surface area (Å²) in [5.74, 6) is 4.08. The van der Waals surface area contributed by atoms with Crippen LogP contribution in [-0.2, 0) is 0 Å². The molecule has 3 aromatic rings. The molecule has 29 heavy (non-hydrogen) atoms. The van der Waals surface area contributed by atoms with E-state index in [9.17, 15) is 0 Å². The predicted octanol–water partition coefficient (Wildman–Crippen LogP) is 1.96. The highest BCUT2D eigenvalue weighted by Crippen LogP contribution is 2.29. The number of nitrogens with zero attached hydrogens (tertiary/aromatic N) is 9. The monoisotopic (exact) mass is 393 g/mol. The molecule has 0 aliphatic carbocycles. The lowest BCUT2D eigenvalue weighted by Gasteiger charge is -2.31. The Balaban J connectivity index is 1.33. The van der Waals surface area contributed by atoms with Crippen LogP contribution in [0.5, 0.6) is 0 Å². The van der Waals surface area contributed by atoms with E-state index in [0.717, 1.165) is 68.1 Å². The molecule has 152 valence electrons. The van der Waals surface area contributed by atoms with Gasteiger partial charge in [-0.1, -0.05) is 0 Å². The smallest absolute Gasteiger partial charge is 0.227 e. The van der Waals surface area contributed by atoms with Crippen LogP contribution in [0.15, 0.2) is 24.4 Å². The van der Waals surface area contributed by atoms with E-state index in [2.05, 4.69) is 36.0 Å². The van der Waals surface area contributed by atoms with Gasteiger partial charge >= 0.3 is 0 Å². The lowest BCUT2D eigenvalue weighted by molar-refractivity contribution is 0.472. The van der Waals surface area contributed by atoms with Crippen molar-refractivity contribution in [1.29, 1.82) is 0 Å². The van der Waals surface area contributed by atoms with Gasteiger partial charge in [-0.2, -0.15) is 9.50 Å². The van der Waals surface area contributed by atoms with E-state index in [1.165, 1.54) is 12.8 Å². The minimum absolute atomic E-state index is 0.347. The topological polar surface area (TPSA) is 78.6 Å². The number of piperidine rings is 1. The molecule has 0 spiro atoms. The van der Waals surface area contributed by atoms with Crippen molar-refractivity contribution in [1.82, 2.24) is 29.8 Å². The van der Waals surface area contributed by atoms with Gasteiger partial charge in [0.25, 0.3) is 0 Å². The molecule has 0 atom stereocenters. The zero-order chi connectivity index (χ0) is 19.8. The molecule has 2 aliphatic rings. The van der Waals surface area contributed by atoms with Crippen molar-refractivity contribution >= 4 is 23.2 Å². The molecule has 2 aliphatic heterocycles. The molecule has 9 nitrogen and oxygen atoms in total. The number of fused-ring (bicyclic) bond motifs is 1. The van der Waals surface area contributed by atoms with Crippen molar-refractivity contribution in [2.45, 2.75) is 31.6 Å². The zero-order valence-electron chi connectivity index (χ0n) is 17.1. The van der Waals surface area contributed by atoms with Crippen LogP contribution in [0.2, 0.25) is 0 Å². The summed E-state index contributed by atoms with van der Waals surface area (Å²) < 4.78 is 1.96. The molecule has 2 fully saturated rings. The van der Waals surface area contributed by atoms with Crippen LogP contribution in [-0.4, -0.2) is 70.1 Å². The largest absolute Gasteiger partial charge is 0.363 e. The summed E-state index contributed by atoms with van der Waals surface area (Å²) in [6.07, 6.45) is 6.30. The molecule has 5 heterocycles. The van der Waals surface area contributed by atoms with Crippen molar-refractivity contribution in [2.75, 3.05) is 55.0 Å². The van der Waals surface area contributed by atoms with Crippen molar-refractivity contribution in [3.63, 3.8) is 0 Å². The third kappa shape index (κ3) is 3.45. The Morgan fingerprint density at radius 1 is 0.931 bits per heavy atom.